The van der Waals surface area contributed by atoms with Crippen molar-refractivity contribution in [2.45, 2.75) is 107 Å². The Morgan fingerprint density at radius 1 is 0.524 bits per heavy atom. The number of hydrogen-bond donors (Lipinski definition) is 5. The second kappa shape index (κ2) is 24.2. The van der Waals surface area contributed by atoms with Gasteiger partial charge in [-0.3, -0.25) is 9.59 Å². The third kappa shape index (κ3) is 13.9. The summed E-state index contributed by atoms with van der Waals surface area (Å²) >= 11 is 36.2. The van der Waals surface area contributed by atoms with Crippen molar-refractivity contribution in [3.05, 3.63) is 129 Å². The first-order chi connectivity index (χ1) is 29.6. The number of amides is 2. The number of halogens is 6. The number of aromatic hydroxyl groups is 3. The van der Waals surface area contributed by atoms with Gasteiger partial charge in [-0.15, -0.1) is 0 Å². The van der Waals surface area contributed by atoms with E-state index in [0.29, 0.717) is 67.5 Å². The number of rotatable bonds is 12. The lowest BCUT2D eigenvalue weighted by atomic mass is 10.1. The zero-order chi connectivity index (χ0) is 47.5. The molecular weight excluding hydrogens is 929 g/mol. The molecule has 2 amide bonds. The van der Waals surface area contributed by atoms with E-state index in [2.05, 4.69) is 10.6 Å². The highest BCUT2D eigenvalue weighted by molar-refractivity contribution is 6.39. The van der Waals surface area contributed by atoms with Gasteiger partial charge in [-0.2, -0.15) is 0 Å². The average Bonchev–Trinajstić information content (AvgIpc) is 3.23. The lowest BCUT2D eigenvalue weighted by molar-refractivity contribution is -0.123. The van der Waals surface area contributed by atoms with Gasteiger partial charge in [0.25, 0.3) is 11.8 Å². The second-order valence-corrected chi connectivity index (χ2v) is 17.2. The third-order valence-corrected chi connectivity index (χ3v) is 12.3. The molecule has 340 valence electrons. The molecule has 63 heavy (non-hydrogen) atoms. The van der Waals surface area contributed by atoms with Gasteiger partial charge in [0.2, 0.25) is 0 Å². The minimum absolute atomic E-state index is 0.117. The number of phenols is 3. The van der Waals surface area contributed by atoms with E-state index >= 15 is 0 Å². The van der Waals surface area contributed by atoms with Gasteiger partial charge in [-0.1, -0.05) is 133 Å². The van der Waals surface area contributed by atoms with Crippen LogP contribution in [0.25, 0.3) is 0 Å². The Morgan fingerprint density at radius 3 is 1.30 bits per heavy atom. The zero-order valence-corrected chi connectivity index (χ0v) is 41.5. The van der Waals surface area contributed by atoms with Crippen molar-refractivity contribution >= 4 is 92.8 Å². The molecule has 5 aromatic rings. The van der Waals surface area contributed by atoms with E-state index in [0.717, 1.165) is 34.2 Å². The molecule has 0 aliphatic carbocycles. The average molecular weight is 984 g/mol. The molecule has 0 saturated heterocycles. The molecule has 0 radical (unpaired) electrons. The lowest BCUT2D eigenvalue weighted by Gasteiger charge is -2.20. The zero-order valence-electron chi connectivity index (χ0n) is 36.9. The maximum absolute atomic E-state index is 12.6. The summed E-state index contributed by atoms with van der Waals surface area (Å²) in [7, 11) is 0. The van der Waals surface area contributed by atoms with Crippen LogP contribution < -0.4 is 20.1 Å². The molecule has 5 N–H and O–H groups in total. The summed E-state index contributed by atoms with van der Waals surface area (Å²) in [6.07, 6.45) is 0.818. The van der Waals surface area contributed by atoms with Crippen molar-refractivity contribution in [1.29, 1.82) is 0 Å². The highest BCUT2D eigenvalue weighted by Gasteiger charge is 2.24. The molecule has 2 unspecified atom stereocenters. The highest BCUT2D eigenvalue weighted by Crippen LogP contribution is 2.41. The molecule has 0 aliphatic heterocycles. The van der Waals surface area contributed by atoms with Crippen LogP contribution in [0.1, 0.15) is 85.0 Å². The summed E-state index contributed by atoms with van der Waals surface area (Å²) in [5, 5.41) is 37.2. The van der Waals surface area contributed by atoms with E-state index in [-0.39, 0.29) is 50.5 Å². The van der Waals surface area contributed by atoms with Gasteiger partial charge < -0.3 is 35.4 Å². The maximum atomic E-state index is 12.6. The fourth-order valence-electron chi connectivity index (χ4n) is 6.20. The Balaban J connectivity index is 0.000000268. The number of nitrogens with one attached hydrogen (secondary N) is 2. The number of phenolic OH excluding ortho intramolecular Hbond substituents is 3. The third-order valence-electron chi connectivity index (χ3n) is 9.94. The van der Waals surface area contributed by atoms with Crippen molar-refractivity contribution in [2.75, 3.05) is 10.6 Å². The number of hydrogen-bond acceptors (Lipinski definition) is 7. The Hall–Kier alpha value is -4.22. The van der Waals surface area contributed by atoms with Gasteiger partial charge in [0.05, 0.1) is 26.4 Å². The summed E-state index contributed by atoms with van der Waals surface area (Å²) < 4.78 is 11.7. The van der Waals surface area contributed by atoms with Crippen LogP contribution in [-0.2, 0) is 22.4 Å². The second-order valence-electron chi connectivity index (χ2n) is 14.8. The van der Waals surface area contributed by atoms with Crippen molar-refractivity contribution in [3.8, 4) is 28.7 Å². The number of benzene rings is 5. The summed E-state index contributed by atoms with van der Waals surface area (Å²) in [5.74, 6) is 0.280. The minimum Gasteiger partial charge on any atom is -0.506 e. The molecule has 0 aromatic heterocycles. The normalized spacial score (nSPS) is 11.6. The topological polar surface area (TPSA) is 137 Å². The first kappa shape index (κ1) is 53.1. The van der Waals surface area contributed by atoms with Gasteiger partial charge in [-0.05, 0) is 131 Å². The molecule has 5 rings (SSSR count). The fourth-order valence-corrected chi connectivity index (χ4v) is 8.20. The van der Waals surface area contributed by atoms with Crippen LogP contribution in [0.5, 0.6) is 28.7 Å². The van der Waals surface area contributed by atoms with Crippen LogP contribution >= 0.6 is 69.6 Å². The number of carbonyl (C=O) groups is 2. The van der Waals surface area contributed by atoms with Crippen LogP contribution in [0.15, 0.2) is 54.6 Å². The van der Waals surface area contributed by atoms with Gasteiger partial charge in [0.15, 0.2) is 23.7 Å². The SMILES string of the molecule is CCC(Oc1ccc(C)cc1C)C(=O)Nc1cc(Cl)c(C)c(Cl)c1O.CCc1c(Cl)cc(C)c(O)c1Cl.CCc1c(Cl)cc(NC(=O)C(CC)Oc2ccc(C)cc2C)c(O)c1Cl. The fraction of sp³-hybridized carbons (Fsp3) is 0.333. The van der Waals surface area contributed by atoms with Crippen LogP contribution in [0.4, 0.5) is 11.4 Å². The van der Waals surface area contributed by atoms with Gasteiger partial charge in [0, 0.05) is 15.1 Å². The minimum atomic E-state index is -0.709. The Morgan fingerprint density at radius 2 is 0.905 bits per heavy atom. The molecule has 0 saturated carbocycles. The monoisotopic (exact) mass is 980 g/mol. The molecule has 9 nitrogen and oxygen atoms in total. The maximum Gasteiger partial charge on any atom is 0.265 e. The molecule has 5 aromatic carbocycles. The van der Waals surface area contributed by atoms with E-state index in [1.165, 1.54) is 12.1 Å². The highest BCUT2D eigenvalue weighted by atomic mass is 35.5. The summed E-state index contributed by atoms with van der Waals surface area (Å²) in [4.78, 5) is 25.2. The van der Waals surface area contributed by atoms with Crippen LogP contribution in [0.2, 0.25) is 30.1 Å². The van der Waals surface area contributed by atoms with E-state index < -0.39 is 12.2 Å². The van der Waals surface area contributed by atoms with Gasteiger partial charge >= 0.3 is 0 Å². The summed E-state index contributed by atoms with van der Waals surface area (Å²) in [5.41, 5.74) is 7.20. The van der Waals surface area contributed by atoms with Gasteiger partial charge in [-0.25, -0.2) is 0 Å². The molecule has 0 fully saturated rings. The molecule has 15 heteroatoms. The predicted octanol–water partition coefficient (Wildman–Crippen LogP) is 14.7. The quantitative estimate of drug-likeness (QED) is 0.0785. The van der Waals surface area contributed by atoms with Crippen molar-refractivity contribution < 1.29 is 34.4 Å². The van der Waals surface area contributed by atoms with E-state index in [4.69, 9.17) is 79.1 Å². The number of aryl methyl sites for hydroxylation is 5. The molecule has 0 heterocycles. The van der Waals surface area contributed by atoms with Gasteiger partial charge in [0.1, 0.15) is 17.2 Å². The molecule has 0 aliphatic rings. The van der Waals surface area contributed by atoms with Crippen molar-refractivity contribution in [1.82, 2.24) is 0 Å². The first-order valence-corrected chi connectivity index (χ1v) is 22.5. The molecule has 2 atom stereocenters. The largest absolute Gasteiger partial charge is 0.506 e. The van der Waals surface area contributed by atoms with Crippen molar-refractivity contribution in [3.63, 3.8) is 0 Å². The lowest BCUT2D eigenvalue weighted by Crippen LogP contribution is -2.32. The molecular formula is C48H54Cl6N2O7. The number of carbonyl (C=O) groups excluding carboxylic acids is 2. The smallest absolute Gasteiger partial charge is 0.265 e. The summed E-state index contributed by atoms with van der Waals surface area (Å²) in [6.45, 7) is 18.8. The van der Waals surface area contributed by atoms with E-state index in [1.54, 1.807) is 19.9 Å². The summed E-state index contributed by atoms with van der Waals surface area (Å²) in [6, 6.07) is 16.2. The Labute approximate surface area is 400 Å². The molecule has 0 bridgehead atoms. The standard InChI is InChI=1S/C20H23Cl2NO3.C19H21Cl2NO3.C9H10Cl2O/c1-5-13-14(21)10-15(19(24)18(13)22)23-20(25)16(6-2)26-17-8-7-11(3)9-12(17)4;1-5-15(25-16-7-6-10(2)8-11(16)3)19(24)22-14-9-13(20)12(4)17(21)18(14)23;1-3-6-7(10)4-5(2)9(12)8(6)11/h7-10,16,24H,5-6H2,1-4H3,(H,23,25);6-9,15,23H,5H2,1-4H3,(H,22,24);4,12H,3H2,1-2H3. The Bertz CT molecular complexity index is 2440. The molecule has 0 spiro atoms. The van der Waals surface area contributed by atoms with Crippen LogP contribution in [0.3, 0.4) is 0 Å². The van der Waals surface area contributed by atoms with E-state index in [1.807, 2.05) is 91.8 Å². The first-order valence-electron chi connectivity index (χ1n) is 20.2. The van der Waals surface area contributed by atoms with E-state index in [9.17, 15) is 24.9 Å². The van der Waals surface area contributed by atoms with Crippen molar-refractivity contribution in [2.24, 2.45) is 0 Å². The van der Waals surface area contributed by atoms with Crippen LogP contribution in [0, 0.1) is 41.5 Å². The van der Waals surface area contributed by atoms with Crippen LogP contribution in [-0.4, -0.2) is 39.3 Å². The Kier molecular flexibility index (Phi) is 20.4. The number of anilines is 2. The predicted molar refractivity (Wildman–Crippen MR) is 261 cm³/mol. The number of ether oxygens (including phenoxy) is 2.